The number of hydrogen-bond donors (Lipinski definition) is 0. The lowest BCUT2D eigenvalue weighted by molar-refractivity contribution is -0.147. The predicted molar refractivity (Wildman–Crippen MR) is 106 cm³/mol. The van der Waals surface area contributed by atoms with Gasteiger partial charge in [-0.25, -0.2) is 0 Å². The number of anilines is 1. The van der Waals surface area contributed by atoms with E-state index in [0.29, 0.717) is 10.7 Å². The zero-order valence-corrected chi connectivity index (χ0v) is 17.1. The summed E-state index contributed by atoms with van der Waals surface area (Å²) in [7, 11) is 0. The molecule has 3 rings (SSSR count). The van der Waals surface area contributed by atoms with Gasteiger partial charge in [-0.2, -0.15) is 0 Å². The number of carbonyl (C=O) groups is 3. The van der Waals surface area contributed by atoms with Gasteiger partial charge in [0.25, 0.3) is 0 Å². The highest BCUT2D eigenvalue weighted by Crippen LogP contribution is 2.27. The number of halogens is 3. The minimum Gasteiger partial charge on any atom is -0.457 e. The van der Waals surface area contributed by atoms with Crippen LogP contribution in [0.5, 0.6) is 0 Å². The van der Waals surface area contributed by atoms with E-state index in [1.807, 2.05) is 12.1 Å². The fraction of sp³-hybridized carbons (Fsp3) is 0.211. The number of carbonyl (C=O) groups excluding carboxylic acids is 3. The van der Waals surface area contributed by atoms with Crippen molar-refractivity contribution in [3.63, 3.8) is 0 Å². The third-order valence-corrected chi connectivity index (χ3v) is 5.25. The van der Waals surface area contributed by atoms with Gasteiger partial charge in [-0.3, -0.25) is 14.4 Å². The molecule has 0 unspecified atom stereocenters. The first-order chi connectivity index (χ1) is 12.8. The summed E-state index contributed by atoms with van der Waals surface area (Å²) in [5.74, 6) is -1.79. The van der Waals surface area contributed by atoms with Gasteiger partial charge in [0, 0.05) is 33.7 Å². The van der Waals surface area contributed by atoms with Crippen molar-refractivity contribution in [2.45, 2.75) is 6.42 Å². The quantitative estimate of drug-likeness (QED) is 0.475. The Morgan fingerprint density at radius 1 is 1.15 bits per heavy atom. The molecule has 2 aromatic carbocycles. The van der Waals surface area contributed by atoms with E-state index < -0.39 is 24.3 Å². The van der Waals surface area contributed by atoms with Crippen molar-refractivity contribution in [1.29, 1.82) is 0 Å². The molecule has 8 heteroatoms. The van der Waals surface area contributed by atoms with Gasteiger partial charge in [0.05, 0.1) is 10.9 Å². The first-order valence-corrected chi connectivity index (χ1v) is 9.61. The molecule has 2 aromatic rings. The molecule has 0 bridgehead atoms. The summed E-state index contributed by atoms with van der Waals surface area (Å²) >= 11 is 15.1. The zero-order valence-electron chi connectivity index (χ0n) is 14.0. The Morgan fingerprint density at radius 2 is 1.85 bits per heavy atom. The molecule has 1 fully saturated rings. The van der Waals surface area contributed by atoms with E-state index in [2.05, 4.69) is 15.9 Å². The largest absolute Gasteiger partial charge is 0.457 e. The number of Topliss-reactive ketones (excluding diaryl/α,β-unsaturated/α-hetero) is 1. The van der Waals surface area contributed by atoms with Gasteiger partial charge in [0.2, 0.25) is 11.7 Å². The van der Waals surface area contributed by atoms with E-state index in [1.54, 1.807) is 12.1 Å². The molecule has 27 heavy (non-hydrogen) atoms. The maximum atomic E-state index is 12.3. The second kappa shape index (κ2) is 8.42. The van der Waals surface area contributed by atoms with Gasteiger partial charge in [-0.05, 0) is 42.5 Å². The molecule has 1 atom stereocenters. The van der Waals surface area contributed by atoms with E-state index in [1.165, 1.54) is 23.1 Å². The lowest BCUT2D eigenvalue weighted by Crippen LogP contribution is -2.27. The van der Waals surface area contributed by atoms with Gasteiger partial charge in [0.15, 0.2) is 6.61 Å². The van der Waals surface area contributed by atoms with E-state index in [0.717, 1.165) is 4.47 Å². The number of hydrogen-bond acceptors (Lipinski definition) is 4. The molecular formula is C19H14BrCl2NO4. The van der Waals surface area contributed by atoms with E-state index in [9.17, 15) is 14.4 Å². The van der Waals surface area contributed by atoms with Gasteiger partial charge < -0.3 is 9.64 Å². The summed E-state index contributed by atoms with van der Waals surface area (Å²) in [4.78, 5) is 38.2. The Labute approximate surface area is 174 Å². The van der Waals surface area contributed by atoms with Gasteiger partial charge in [-0.15, -0.1) is 0 Å². The number of esters is 1. The maximum Gasteiger partial charge on any atom is 0.311 e. The van der Waals surface area contributed by atoms with Crippen LogP contribution in [0.4, 0.5) is 5.69 Å². The fourth-order valence-electron chi connectivity index (χ4n) is 2.78. The van der Waals surface area contributed by atoms with Crippen LogP contribution in [0.3, 0.4) is 0 Å². The summed E-state index contributed by atoms with van der Waals surface area (Å²) in [5, 5.41) is 0.604. The van der Waals surface area contributed by atoms with Crippen LogP contribution in [0, 0.1) is 5.92 Å². The summed E-state index contributed by atoms with van der Waals surface area (Å²) in [5.41, 5.74) is 0.940. The van der Waals surface area contributed by atoms with Crippen LogP contribution in [-0.2, 0) is 14.3 Å². The standard InChI is InChI=1S/C19H14BrCl2NO4/c20-12-1-4-14(5-2-12)23-9-11(7-18(23)25)19(26)27-10-17(24)15-6-3-13(21)8-16(15)22/h1-6,8,11H,7,9-10H2/t11-/m0/s1. The highest BCUT2D eigenvalue weighted by molar-refractivity contribution is 9.10. The smallest absolute Gasteiger partial charge is 0.311 e. The first-order valence-electron chi connectivity index (χ1n) is 8.06. The van der Waals surface area contributed by atoms with E-state index in [4.69, 9.17) is 27.9 Å². The molecule has 0 spiro atoms. The Morgan fingerprint density at radius 3 is 2.52 bits per heavy atom. The number of ether oxygens (including phenoxy) is 1. The fourth-order valence-corrected chi connectivity index (χ4v) is 3.56. The third-order valence-electron chi connectivity index (χ3n) is 4.17. The summed E-state index contributed by atoms with van der Waals surface area (Å²) in [6, 6.07) is 11.7. The molecule has 1 heterocycles. The van der Waals surface area contributed by atoms with Crippen LogP contribution < -0.4 is 4.90 Å². The molecule has 1 amide bonds. The Kier molecular flexibility index (Phi) is 6.19. The summed E-state index contributed by atoms with van der Waals surface area (Å²) in [6.45, 7) is -0.224. The monoisotopic (exact) mass is 469 g/mol. The summed E-state index contributed by atoms with van der Waals surface area (Å²) < 4.78 is 6.01. The van der Waals surface area contributed by atoms with Gasteiger partial charge in [-0.1, -0.05) is 39.1 Å². The summed E-state index contributed by atoms with van der Waals surface area (Å²) in [6.07, 6.45) is 0.0464. The Bertz CT molecular complexity index is 901. The molecule has 1 aliphatic rings. The molecule has 1 saturated heterocycles. The van der Waals surface area contributed by atoms with Gasteiger partial charge in [0.1, 0.15) is 0 Å². The number of rotatable bonds is 5. The van der Waals surface area contributed by atoms with Crippen molar-refractivity contribution in [3.8, 4) is 0 Å². The van der Waals surface area contributed by atoms with Crippen molar-refractivity contribution in [2.75, 3.05) is 18.1 Å². The highest BCUT2D eigenvalue weighted by atomic mass is 79.9. The molecule has 0 radical (unpaired) electrons. The molecule has 0 N–H and O–H groups in total. The van der Waals surface area contributed by atoms with Crippen LogP contribution in [0.25, 0.3) is 0 Å². The molecule has 0 aromatic heterocycles. The highest BCUT2D eigenvalue weighted by Gasteiger charge is 2.36. The maximum absolute atomic E-state index is 12.3. The molecule has 140 valence electrons. The van der Waals surface area contributed by atoms with Crippen LogP contribution in [0.2, 0.25) is 10.0 Å². The van der Waals surface area contributed by atoms with Crippen LogP contribution in [-0.4, -0.2) is 30.8 Å². The van der Waals surface area contributed by atoms with Crippen LogP contribution in [0.1, 0.15) is 16.8 Å². The third kappa shape index (κ3) is 4.69. The van der Waals surface area contributed by atoms with Crippen molar-refractivity contribution in [2.24, 2.45) is 5.92 Å². The second-order valence-electron chi connectivity index (χ2n) is 6.04. The van der Waals surface area contributed by atoms with Crippen LogP contribution in [0.15, 0.2) is 46.9 Å². The number of benzene rings is 2. The minimum atomic E-state index is -0.616. The lowest BCUT2D eigenvalue weighted by Gasteiger charge is -2.16. The van der Waals surface area contributed by atoms with Crippen molar-refractivity contribution < 1.29 is 19.1 Å². The van der Waals surface area contributed by atoms with Crippen molar-refractivity contribution in [1.82, 2.24) is 0 Å². The molecular weight excluding hydrogens is 457 g/mol. The normalized spacial score (nSPS) is 16.5. The average Bonchev–Trinajstić information content (AvgIpc) is 3.02. The molecule has 5 nitrogen and oxygen atoms in total. The number of amides is 1. The minimum absolute atomic E-state index is 0.0464. The Hall–Kier alpha value is -1.89. The SMILES string of the molecule is O=C(COC(=O)[C@H]1CC(=O)N(c2ccc(Br)cc2)C1)c1ccc(Cl)cc1Cl. The Balaban J connectivity index is 1.59. The zero-order chi connectivity index (χ0) is 19.6. The molecule has 1 aliphatic heterocycles. The van der Waals surface area contributed by atoms with Crippen molar-refractivity contribution in [3.05, 3.63) is 62.5 Å². The molecule has 0 saturated carbocycles. The van der Waals surface area contributed by atoms with Gasteiger partial charge >= 0.3 is 5.97 Å². The van der Waals surface area contributed by atoms with E-state index in [-0.39, 0.29) is 29.5 Å². The number of ketones is 1. The predicted octanol–water partition coefficient (Wildman–Crippen LogP) is 4.53. The first kappa shape index (κ1) is 19.9. The molecule has 0 aliphatic carbocycles. The van der Waals surface area contributed by atoms with E-state index >= 15 is 0 Å². The average molecular weight is 471 g/mol. The van der Waals surface area contributed by atoms with Crippen molar-refractivity contribution >= 4 is 62.5 Å². The lowest BCUT2D eigenvalue weighted by atomic mass is 10.1. The second-order valence-corrected chi connectivity index (χ2v) is 7.80. The topological polar surface area (TPSA) is 63.7 Å². The van der Waals surface area contributed by atoms with Crippen LogP contribution >= 0.6 is 39.1 Å². The number of nitrogens with zero attached hydrogens (tertiary/aromatic N) is 1.